The second kappa shape index (κ2) is 9.56. The van der Waals surface area contributed by atoms with E-state index in [1.54, 1.807) is 23.1 Å². The summed E-state index contributed by atoms with van der Waals surface area (Å²) in [4.78, 5) is 15.9. The molecule has 2 aromatic rings. The van der Waals surface area contributed by atoms with Crippen LogP contribution < -0.4 is 10.6 Å². The molecule has 24 heavy (non-hydrogen) atoms. The predicted molar refractivity (Wildman–Crippen MR) is 94.6 cm³/mol. The maximum atomic E-state index is 13.1. The molecule has 2 atom stereocenters. The number of carbonyl (C=O) groups is 1. The zero-order chi connectivity index (χ0) is 15.4. The number of aromatic nitrogens is 3. The molecule has 1 fully saturated rings. The van der Waals surface area contributed by atoms with E-state index in [4.69, 9.17) is 0 Å². The second-order valence-corrected chi connectivity index (χ2v) is 5.35. The number of carbonyl (C=O) groups excluding carboxylic acids is 1. The number of amides is 1. The second-order valence-electron chi connectivity index (χ2n) is 5.35. The zero-order valence-electron chi connectivity index (χ0n) is 12.9. The lowest BCUT2D eigenvalue weighted by atomic mass is 10.2. The first-order chi connectivity index (χ1) is 10.7. The summed E-state index contributed by atoms with van der Waals surface area (Å²) in [6, 6.07) is 5.19. The fourth-order valence-corrected chi connectivity index (χ4v) is 2.45. The molecule has 3 rings (SSSR count). The van der Waals surface area contributed by atoms with Crippen molar-refractivity contribution in [1.29, 1.82) is 0 Å². The van der Waals surface area contributed by atoms with Crippen molar-refractivity contribution in [1.82, 2.24) is 20.1 Å². The molecule has 0 aliphatic carbocycles. The van der Waals surface area contributed by atoms with Crippen LogP contribution >= 0.6 is 24.8 Å². The third kappa shape index (κ3) is 5.43. The summed E-state index contributed by atoms with van der Waals surface area (Å²) in [6.45, 7) is 0.951. The summed E-state index contributed by atoms with van der Waals surface area (Å²) in [6.07, 6.45) is 5.44. The SMILES string of the molecule is Cl.Cl.O=C(Nc1ccn(CCc2ccncc2)n1)[C@H]1C[C@H](F)CN1. The number of anilines is 1. The van der Waals surface area contributed by atoms with Crippen LogP contribution in [-0.4, -0.2) is 39.4 Å². The predicted octanol–water partition coefficient (Wildman–Crippen LogP) is 2.00. The molecular weight excluding hydrogens is 356 g/mol. The maximum Gasteiger partial charge on any atom is 0.242 e. The van der Waals surface area contributed by atoms with Gasteiger partial charge in [0.2, 0.25) is 5.91 Å². The number of nitrogens with one attached hydrogen (secondary N) is 2. The molecule has 0 saturated carbocycles. The van der Waals surface area contributed by atoms with Gasteiger partial charge < -0.3 is 10.6 Å². The van der Waals surface area contributed by atoms with E-state index in [1.807, 2.05) is 18.3 Å². The quantitative estimate of drug-likeness (QED) is 0.838. The molecule has 3 heterocycles. The number of hydrogen-bond donors (Lipinski definition) is 2. The highest BCUT2D eigenvalue weighted by atomic mass is 35.5. The van der Waals surface area contributed by atoms with Crippen LogP contribution in [0.2, 0.25) is 0 Å². The standard InChI is InChI=1S/C15H18FN5O.2ClH/c16-12-9-13(18-10-12)15(22)19-14-4-8-21(20-14)7-3-11-1-5-17-6-2-11;;/h1-2,4-6,8,12-13,18H,3,7,9-10H2,(H,19,20,22);2*1H/t12-,13+;;/m0../s1. The normalized spacial score (nSPS) is 19.2. The molecule has 1 saturated heterocycles. The first-order valence-electron chi connectivity index (χ1n) is 7.31. The van der Waals surface area contributed by atoms with Crippen LogP contribution in [-0.2, 0) is 17.8 Å². The minimum absolute atomic E-state index is 0. The van der Waals surface area contributed by atoms with E-state index in [-0.39, 0.29) is 43.7 Å². The Bertz CT molecular complexity index is 640. The molecule has 132 valence electrons. The van der Waals surface area contributed by atoms with E-state index in [2.05, 4.69) is 20.7 Å². The molecule has 0 spiro atoms. The van der Waals surface area contributed by atoms with Gasteiger partial charge in [0.05, 0.1) is 6.04 Å². The van der Waals surface area contributed by atoms with Gasteiger partial charge in [-0.25, -0.2) is 4.39 Å². The third-order valence-electron chi connectivity index (χ3n) is 3.66. The molecule has 0 bridgehead atoms. The summed E-state index contributed by atoms with van der Waals surface area (Å²) >= 11 is 0. The van der Waals surface area contributed by atoms with E-state index >= 15 is 0 Å². The topological polar surface area (TPSA) is 71.8 Å². The monoisotopic (exact) mass is 375 g/mol. The van der Waals surface area contributed by atoms with Gasteiger partial charge in [-0.2, -0.15) is 5.10 Å². The number of pyridine rings is 1. The van der Waals surface area contributed by atoms with Crippen molar-refractivity contribution >= 4 is 36.5 Å². The molecule has 1 amide bonds. The number of hydrogen-bond acceptors (Lipinski definition) is 4. The van der Waals surface area contributed by atoms with Gasteiger partial charge in [0, 0.05) is 44.2 Å². The highest BCUT2D eigenvalue weighted by Gasteiger charge is 2.29. The lowest BCUT2D eigenvalue weighted by Crippen LogP contribution is -2.35. The van der Waals surface area contributed by atoms with Gasteiger partial charge in [-0.1, -0.05) is 0 Å². The highest BCUT2D eigenvalue weighted by molar-refractivity contribution is 5.94. The Morgan fingerprint density at radius 1 is 1.33 bits per heavy atom. The number of alkyl halides is 1. The Kier molecular flexibility index (Phi) is 8.10. The van der Waals surface area contributed by atoms with Crippen molar-refractivity contribution in [2.45, 2.75) is 31.6 Å². The summed E-state index contributed by atoms with van der Waals surface area (Å²) in [7, 11) is 0. The van der Waals surface area contributed by atoms with Crippen molar-refractivity contribution in [3.05, 3.63) is 42.4 Å². The minimum Gasteiger partial charge on any atom is -0.308 e. The fourth-order valence-electron chi connectivity index (χ4n) is 2.45. The molecule has 6 nitrogen and oxygen atoms in total. The lowest BCUT2D eigenvalue weighted by molar-refractivity contribution is -0.117. The van der Waals surface area contributed by atoms with Gasteiger partial charge in [0.1, 0.15) is 6.17 Å². The molecule has 1 aliphatic rings. The van der Waals surface area contributed by atoms with Crippen LogP contribution in [0.5, 0.6) is 0 Å². The first-order valence-corrected chi connectivity index (χ1v) is 7.31. The van der Waals surface area contributed by atoms with Gasteiger partial charge >= 0.3 is 0 Å². The molecule has 2 aromatic heterocycles. The van der Waals surface area contributed by atoms with Crippen molar-refractivity contribution in [2.75, 3.05) is 11.9 Å². The largest absolute Gasteiger partial charge is 0.308 e. The summed E-state index contributed by atoms with van der Waals surface area (Å²) in [5.41, 5.74) is 1.18. The van der Waals surface area contributed by atoms with Gasteiger partial charge in [-0.3, -0.25) is 14.5 Å². The van der Waals surface area contributed by atoms with Crippen LogP contribution in [0.3, 0.4) is 0 Å². The summed E-state index contributed by atoms with van der Waals surface area (Å²) in [5, 5.41) is 9.87. The molecule has 1 aliphatic heterocycles. The van der Waals surface area contributed by atoms with Gasteiger partial charge in [-0.15, -0.1) is 24.8 Å². The van der Waals surface area contributed by atoms with Crippen molar-refractivity contribution in [3.63, 3.8) is 0 Å². The number of aryl methyl sites for hydroxylation is 2. The van der Waals surface area contributed by atoms with E-state index < -0.39 is 12.2 Å². The average Bonchev–Trinajstić information content (AvgIpc) is 3.15. The van der Waals surface area contributed by atoms with Gasteiger partial charge in [-0.05, 0) is 24.1 Å². The first kappa shape index (κ1) is 20.3. The Morgan fingerprint density at radius 2 is 2.08 bits per heavy atom. The smallest absolute Gasteiger partial charge is 0.242 e. The van der Waals surface area contributed by atoms with Crippen LogP contribution in [0.1, 0.15) is 12.0 Å². The van der Waals surface area contributed by atoms with Crippen LogP contribution in [0.25, 0.3) is 0 Å². The van der Waals surface area contributed by atoms with E-state index in [9.17, 15) is 9.18 Å². The molecular formula is C15H20Cl2FN5O. The van der Waals surface area contributed by atoms with E-state index in [0.29, 0.717) is 12.4 Å². The molecule has 0 unspecified atom stereocenters. The molecule has 2 N–H and O–H groups in total. The Morgan fingerprint density at radius 3 is 2.75 bits per heavy atom. The Hall–Kier alpha value is -1.70. The highest BCUT2D eigenvalue weighted by Crippen LogP contribution is 2.12. The minimum atomic E-state index is -0.950. The summed E-state index contributed by atoms with van der Waals surface area (Å²) in [5.74, 6) is 0.253. The lowest BCUT2D eigenvalue weighted by Gasteiger charge is -2.08. The third-order valence-corrected chi connectivity index (χ3v) is 3.66. The number of halogens is 3. The van der Waals surface area contributed by atoms with Crippen LogP contribution in [0.4, 0.5) is 10.2 Å². The Labute approximate surface area is 152 Å². The molecule has 0 radical (unpaired) electrons. The fraction of sp³-hybridized carbons (Fsp3) is 0.400. The van der Waals surface area contributed by atoms with Gasteiger partial charge in [0.15, 0.2) is 5.82 Å². The van der Waals surface area contributed by atoms with Gasteiger partial charge in [0.25, 0.3) is 0 Å². The molecule has 9 heteroatoms. The Balaban J connectivity index is 0.00000144. The summed E-state index contributed by atoms with van der Waals surface area (Å²) < 4.78 is 14.8. The van der Waals surface area contributed by atoms with E-state index in [1.165, 1.54) is 5.56 Å². The van der Waals surface area contributed by atoms with Crippen LogP contribution in [0.15, 0.2) is 36.8 Å². The van der Waals surface area contributed by atoms with Crippen molar-refractivity contribution in [2.24, 2.45) is 0 Å². The molecule has 0 aromatic carbocycles. The number of rotatable bonds is 5. The zero-order valence-corrected chi connectivity index (χ0v) is 14.5. The maximum absolute atomic E-state index is 13.1. The van der Waals surface area contributed by atoms with Crippen molar-refractivity contribution < 1.29 is 9.18 Å². The number of nitrogens with zero attached hydrogens (tertiary/aromatic N) is 3. The van der Waals surface area contributed by atoms with E-state index in [0.717, 1.165) is 6.42 Å². The van der Waals surface area contributed by atoms with Crippen LogP contribution in [0, 0.1) is 0 Å². The average molecular weight is 376 g/mol. The van der Waals surface area contributed by atoms with Crippen molar-refractivity contribution in [3.8, 4) is 0 Å².